The summed E-state index contributed by atoms with van der Waals surface area (Å²) in [5.74, 6) is -0.241. The number of carbonyl (C=O) groups is 1. The summed E-state index contributed by atoms with van der Waals surface area (Å²) in [4.78, 5) is 15.0. The molecule has 4 rings (SSSR count). The van der Waals surface area contributed by atoms with Crippen LogP contribution in [0.5, 0.6) is 0 Å². The minimum absolute atomic E-state index is 0.0426. The topological polar surface area (TPSA) is 46.8 Å². The first-order valence-electron chi connectivity index (χ1n) is 8.00. The molecule has 2 fully saturated rings. The molecule has 2 aliphatic rings. The van der Waals surface area contributed by atoms with Gasteiger partial charge in [0.15, 0.2) is 0 Å². The standard InChI is InChI=1S/C17H21N3O2/c1-11-4-3-5-16-15(10-18-20(11)16)17(21)22-14-8-12-6-7-13(9-14)19(12)2/h3-5,10,12-14H,6-9H2,1-2H3/t12-,13+,14+. The average Bonchev–Trinajstić information content (AvgIpc) is 2.99. The number of rotatable bonds is 2. The Kier molecular flexibility index (Phi) is 3.18. The fraction of sp³-hybridized carbons (Fsp3) is 0.529. The molecule has 2 bridgehead atoms. The lowest BCUT2D eigenvalue weighted by Gasteiger charge is -2.35. The fourth-order valence-electron chi connectivity index (χ4n) is 3.98. The zero-order valence-corrected chi connectivity index (χ0v) is 13.0. The Hall–Kier alpha value is -1.88. The van der Waals surface area contributed by atoms with Gasteiger partial charge in [0, 0.05) is 30.6 Å². The number of ether oxygens (including phenoxy) is 1. The number of hydrogen-bond acceptors (Lipinski definition) is 4. The van der Waals surface area contributed by atoms with Gasteiger partial charge < -0.3 is 9.64 Å². The zero-order chi connectivity index (χ0) is 15.3. The van der Waals surface area contributed by atoms with Crippen LogP contribution in [0.1, 0.15) is 41.7 Å². The molecule has 0 N–H and O–H groups in total. The van der Waals surface area contributed by atoms with Crippen LogP contribution in [0.15, 0.2) is 24.4 Å². The lowest BCUT2D eigenvalue weighted by atomic mass is 10.0. The number of piperidine rings is 1. The van der Waals surface area contributed by atoms with E-state index in [0.29, 0.717) is 17.6 Å². The Morgan fingerprint density at radius 3 is 2.73 bits per heavy atom. The molecule has 0 saturated carbocycles. The maximum absolute atomic E-state index is 12.5. The summed E-state index contributed by atoms with van der Waals surface area (Å²) in [6.45, 7) is 1.98. The van der Waals surface area contributed by atoms with Crippen molar-refractivity contribution in [3.63, 3.8) is 0 Å². The first-order valence-corrected chi connectivity index (χ1v) is 8.00. The zero-order valence-electron chi connectivity index (χ0n) is 13.0. The third-order valence-corrected chi connectivity index (χ3v) is 5.28. The summed E-state index contributed by atoms with van der Waals surface area (Å²) in [7, 11) is 2.19. The van der Waals surface area contributed by atoms with Crippen LogP contribution in [0, 0.1) is 6.92 Å². The third-order valence-electron chi connectivity index (χ3n) is 5.28. The Bertz CT molecular complexity index is 710. The number of aromatic nitrogens is 2. The molecule has 5 nitrogen and oxygen atoms in total. The van der Waals surface area contributed by atoms with Crippen LogP contribution in [0.25, 0.3) is 5.52 Å². The molecule has 3 atom stereocenters. The molecule has 0 spiro atoms. The molecule has 0 unspecified atom stereocenters. The highest BCUT2D eigenvalue weighted by molar-refractivity contribution is 5.96. The Morgan fingerprint density at radius 2 is 2.00 bits per heavy atom. The second-order valence-corrected chi connectivity index (χ2v) is 6.57. The second kappa shape index (κ2) is 5.09. The van der Waals surface area contributed by atoms with E-state index in [0.717, 1.165) is 24.1 Å². The van der Waals surface area contributed by atoms with E-state index in [1.165, 1.54) is 12.8 Å². The van der Waals surface area contributed by atoms with Crippen LogP contribution in [-0.4, -0.2) is 45.7 Å². The highest BCUT2D eigenvalue weighted by Crippen LogP contribution is 2.35. The van der Waals surface area contributed by atoms with Crippen LogP contribution in [-0.2, 0) is 4.74 Å². The van der Waals surface area contributed by atoms with Crippen molar-refractivity contribution in [1.29, 1.82) is 0 Å². The lowest BCUT2D eigenvalue weighted by molar-refractivity contribution is -0.000267. The molecule has 4 heterocycles. The molecular formula is C17H21N3O2. The van der Waals surface area contributed by atoms with Gasteiger partial charge in [0.1, 0.15) is 11.7 Å². The van der Waals surface area contributed by atoms with Crippen LogP contribution in [0.3, 0.4) is 0 Å². The molecule has 2 aromatic heterocycles. The van der Waals surface area contributed by atoms with Gasteiger partial charge >= 0.3 is 5.97 Å². The van der Waals surface area contributed by atoms with Gasteiger partial charge in [-0.15, -0.1) is 0 Å². The molecule has 2 aliphatic heterocycles. The van der Waals surface area contributed by atoms with E-state index in [9.17, 15) is 4.79 Å². The molecule has 116 valence electrons. The first kappa shape index (κ1) is 13.8. The monoisotopic (exact) mass is 299 g/mol. The molecule has 0 radical (unpaired) electrons. The summed E-state index contributed by atoms with van der Waals surface area (Å²) in [6, 6.07) is 6.97. The summed E-state index contributed by atoms with van der Waals surface area (Å²) >= 11 is 0. The number of aryl methyl sites for hydroxylation is 1. The van der Waals surface area contributed by atoms with E-state index in [1.807, 2.05) is 25.1 Å². The predicted octanol–water partition coefficient (Wildman–Crippen LogP) is 2.42. The Balaban J connectivity index is 1.54. The molecule has 5 heteroatoms. The van der Waals surface area contributed by atoms with Crippen molar-refractivity contribution in [2.45, 2.75) is 50.8 Å². The van der Waals surface area contributed by atoms with Gasteiger partial charge in [-0.25, -0.2) is 9.31 Å². The number of fused-ring (bicyclic) bond motifs is 3. The maximum Gasteiger partial charge on any atom is 0.342 e. The van der Waals surface area contributed by atoms with E-state index in [4.69, 9.17) is 4.74 Å². The lowest BCUT2D eigenvalue weighted by Crippen LogP contribution is -2.43. The summed E-state index contributed by atoms with van der Waals surface area (Å²) < 4.78 is 7.58. The molecule has 22 heavy (non-hydrogen) atoms. The van der Waals surface area contributed by atoms with E-state index in [2.05, 4.69) is 17.0 Å². The van der Waals surface area contributed by atoms with Crippen molar-refractivity contribution >= 4 is 11.5 Å². The predicted molar refractivity (Wildman–Crippen MR) is 82.9 cm³/mol. The normalized spacial score (nSPS) is 28.2. The molecule has 0 aliphatic carbocycles. The number of nitrogens with zero attached hydrogens (tertiary/aromatic N) is 3. The van der Waals surface area contributed by atoms with Crippen LogP contribution in [0.2, 0.25) is 0 Å². The highest BCUT2D eigenvalue weighted by atomic mass is 16.5. The number of pyridine rings is 1. The van der Waals surface area contributed by atoms with E-state index in [1.54, 1.807) is 10.7 Å². The summed E-state index contributed by atoms with van der Waals surface area (Å²) in [5, 5.41) is 4.29. The Labute approximate surface area is 129 Å². The largest absolute Gasteiger partial charge is 0.459 e. The smallest absolute Gasteiger partial charge is 0.342 e. The summed E-state index contributed by atoms with van der Waals surface area (Å²) in [5.41, 5.74) is 2.39. The highest BCUT2D eigenvalue weighted by Gasteiger charge is 2.40. The first-order chi connectivity index (χ1) is 10.6. The van der Waals surface area contributed by atoms with Crippen molar-refractivity contribution in [2.24, 2.45) is 0 Å². The Morgan fingerprint density at radius 1 is 1.27 bits per heavy atom. The molecule has 2 saturated heterocycles. The molecule has 0 aromatic carbocycles. The van der Waals surface area contributed by atoms with E-state index >= 15 is 0 Å². The third kappa shape index (κ3) is 2.11. The van der Waals surface area contributed by atoms with Crippen LogP contribution in [0.4, 0.5) is 0 Å². The number of hydrogen-bond donors (Lipinski definition) is 0. The van der Waals surface area contributed by atoms with Gasteiger partial charge in [0.05, 0.1) is 11.7 Å². The maximum atomic E-state index is 12.5. The van der Waals surface area contributed by atoms with Crippen LogP contribution >= 0.6 is 0 Å². The van der Waals surface area contributed by atoms with Gasteiger partial charge in [-0.2, -0.15) is 5.10 Å². The van der Waals surface area contributed by atoms with Gasteiger partial charge in [-0.05, 0) is 38.9 Å². The van der Waals surface area contributed by atoms with Gasteiger partial charge in [-0.3, -0.25) is 0 Å². The van der Waals surface area contributed by atoms with Gasteiger partial charge in [0.25, 0.3) is 0 Å². The molecular weight excluding hydrogens is 278 g/mol. The summed E-state index contributed by atoms with van der Waals surface area (Å²) in [6.07, 6.45) is 6.03. The van der Waals surface area contributed by atoms with Crippen molar-refractivity contribution in [3.8, 4) is 0 Å². The van der Waals surface area contributed by atoms with Crippen molar-refractivity contribution in [3.05, 3.63) is 35.7 Å². The second-order valence-electron chi connectivity index (χ2n) is 6.57. The number of esters is 1. The van der Waals surface area contributed by atoms with Gasteiger partial charge in [0.2, 0.25) is 0 Å². The average molecular weight is 299 g/mol. The van der Waals surface area contributed by atoms with E-state index < -0.39 is 0 Å². The SMILES string of the molecule is Cc1cccc2c(C(=O)O[C@H]3C[C@H]4CC[C@@H](C3)N4C)cnn12. The van der Waals surface area contributed by atoms with E-state index in [-0.39, 0.29) is 12.1 Å². The minimum atomic E-state index is -0.241. The van der Waals surface area contributed by atoms with Crippen molar-refractivity contribution in [2.75, 3.05) is 7.05 Å². The van der Waals surface area contributed by atoms with Crippen LogP contribution < -0.4 is 0 Å². The fourth-order valence-corrected chi connectivity index (χ4v) is 3.98. The number of carbonyl (C=O) groups excluding carboxylic acids is 1. The van der Waals surface area contributed by atoms with Gasteiger partial charge in [-0.1, -0.05) is 6.07 Å². The molecule has 2 aromatic rings. The van der Waals surface area contributed by atoms with Crippen molar-refractivity contribution in [1.82, 2.24) is 14.5 Å². The minimum Gasteiger partial charge on any atom is -0.459 e. The quantitative estimate of drug-likeness (QED) is 0.799. The molecule has 0 amide bonds. The van der Waals surface area contributed by atoms with Crippen molar-refractivity contribution < 1.29 is 9.53 Å².